The number of fused-ring (bicyclic) bond motifs is 2. The number of nitriles is 1. The van der Waals surface area contributed by atoms with Gasteiger partial charge in [0.05, 0.1) is 47.7 Å². The smallest absolute Gasteiger partial charge is 0.269 e. The van der Waals surface area contributed by atoms with Gasteiger partial charge in [0.25, 0.3) is 5.69 Å². The van der Waals surface area contributed by atoms with Crippen LogP contribution in [0.15, 0.2) is 99.6 Å². The molecule has 0 radical (unpaired) electrons. The molecule has 210 valence electrons. The summed E-state index contributed by atoms with van der Waals surface area (Å²) in [6, 6.07) is 27.3. The van der Waals surface area contributed by atoms with Crippen molar-refractivity contribution in [2.75, 3.05) is 11.9 Å². The van der Waals surface area contributed by atoms with E-state index in [4.69, 9.17) is 14.8 Å². The van der Waals surface area contributed by atoms with Gasteiger partial charge in [0.1, 0.15) is 0 Å². The molecule has 1 atom stereocenters. The van der Waals surface area contributed by atoms with E-state index in [9.17, 15) is 15.4 Å². The number of aryl methyl sites for hydroxylation is 2. The van der Waals surface area contributed by atoms with Gasteiger partial charge in [-0.2, -0.15) is 10.4 Å². The highest BCUT2D eigenvalue weighted by atomic mass is 31.2. The Balaban J connectivity index is 1.77. The van der Waals surface area contributed by atoms with Crippen LogP contribution in [-0.2, 0) is 12.0 Å². The van der Waals surface area contributed by atoms with E-state index in [0.717, 1.165) is 33.0 Å². The first-order valence-electron chi connectivity index (χ1n) is 13.7. The molecule has 9 nitrogen and oxygen atoms in total. The Kier molecular flexibility index (Phi) is 6.67. The van der Waals surface area contributed by atoms with E-state index in [0.29, 0.717) is 24.5 Å². The van der Waals surface area contributed by atoms with E-state index >= 15 is 0 Å². The molecule has 0 amide bonds. The first-order chi connectivity index (χ1) is 20.2. The van der Waals surface area contributed by atoms with Gasteiger partial charge >= 0.3 is 0 Å². The predicted molar refractivity (Wildman–Crippen MR) is 168 cm³/mol. The van der Waals surface area contributed by atoms with Gasteiger partial charge in [-0.15, -0.1) is 0 Å². The number of hydrogen-bond donors (Lipinski definition) is 0. The van der Waals surface area contributed by atoms with Gasteiger partial charge in [-0.25, -0.2) is 9.67 Å². The molecule has 1 unspecified atom stereocenters. The molecule has 3 aromatic carbocycles. The molecule has 0 fully saturated rings. The SMILES string of the molecule is Cc1nn(CCC#N)c2c1P(=Nc1ccc([N+](=O)[O-])cc1)(c1ccccc1)/C(=C1\N(C)c3ccccc3C1(C)C)C=N2. The first-order valence-corrected chi connectivity index (χ1v) is 15.4. The Morgan fingerprint density at radius 2 is 1.74 bits per heavy atom. The van der Waals surface area contributed by atoms with E-state index in [1.165, 1.54) is 17.7 Å². The molecule has 2 aliphatic heterocycles. The summed E-state index contributed by atoms with van der Waals surface area (Å²) in [5.74, 6) is 0.700. The number of nitro groups is 1. The third-order valence-electron chi connectivity index (χ3n) is 8.05. The lowest BCUT2D eigenvalue weighted by atomic mass is 9.84. The summed E-state index contributed by atoms with van der Waals surface area (Å²) in [6.45, 7) is 6.86. The summed E-state index contributed by atoms with van der Waals surface area (Å²) >= 11 is 0. The van der Waals surface area contributed by atoms with Gasteiger partial charge in [-0.3, -0.25) is 14.9 Å². The molecule has 10 heteroatoms. The van der Waals surface area contributed by atoms with Crippen molar-refractivity contribution in [3.05, 3.63) is 111 Å². The maximum Gasteiger partial charge on any atom is 0.269 e. The minimum Gasteiger partial charge on any atom is -0.346 e. The lowest BCUT2D eigenvalue weighted by molar-refractivity contribution is -0.384. The van der Waals surface area contributed by atoms with Crippen molar-refractivity contribution in [1.29, 1.82) is 5.26 Å². The van der Waals surface area contributed by atoms with Crippen molar-refractivity contribution in [3.8, 4) is 6.07 Å². The fraction of sp³-hybridized carbons (Fsp3) is 0.219. The second-order valence-electron chi connectivity index (χ2n) is 10.9. The van der Waals surface area contributed by atoms with Crippen LogP contribution in [0.25, 0.3) is 0 Å². The fourth-order valence-electron chi connectivity index (χ4n) is 6.26. The Morgan fingerprint density at radius 3 is 2.40 bits per heavy atom. The van der Waals surface area contributed by atoms with Crippen LogP contribution in [0, 0.1) is 28.4 Å². The highest BCUT2D eigenvalue weighted by Crippen LogP contribution is 2.64. The Morgan fingerprint density at radius 1 is 1.05 bits per heavy atom. The van der Waals surface area contributed by atoms with Gasteiger partial charge < -0.3 is 4.90 Å². The summed E-state index contributed by atoms with van der Waals surface area (Å²) in [7, 11) is -0.778. The van der Waals surface area contributed by atoms with Crippen molar-refractivity contribution in [3.63, 3.8) is 0 Å². The summed E-state index contributed by atoms with van der Waals surface area (Å²) in [5, 5.41) is 28.6. The second-order valence-corrected chi connectivity index (χ2v) is 13.8. The third-order valence-corrected chi connectivity index (χ3v) is 11.8. The molecule has 0 N–H and O–H groups in total. The van der Waals surface area contributed by atoms with Crippen LogP contribution < -0.4 is 15.5 Å². The minimum absolute atomic E-state index is 0.0122. The molecule has 0 spiro atoms. The van der Waals surface area contributed by atoms with Gasteiger partial charge in [-0.05, 0) is 30.7 Å². The Labute approximate surface area is 244 Å². The number of non-ortho nitro benzene ring substituents is 1. The molecule has 1 aromatic heterocycles. The van der Waals surface area contributed by atoms with Gasteiger partial charge in [-0.1, -0.05) is 62.4 Å². The molecular formula is C32H30N7O2P. The second kappa shape index (κ2) is 10.2. The number of rotatable bonds is 5. The van der Waals surface area contributed by atoms with Gasteiger partial charge in [0.15, 0.2) is 5.82 Å². The average Bonchev–Trinajstić information content (AvgIpc) is 3.42. The van der Waals surface area contributed by atoms with E-state index < -0.39 is 12.0 Å². The van der Waals surface area contributed by atoms with E-state index in [1.807, 2.05) is 36.0 Å². The van der Waals surface area contributed by atoms with E-state index in [-0.39, 0.29) is 11.1 Å². The number of hydrogen-bond acceptors (Lipinski definition) is 7. The quantitative estimate of drug-likeness (QED) is 0.147. The number of likely N-dealkylation sites (N-methyl/N-ethyl adjacent to an activating group) is 1. The van der Waals surface area contributed by atoms with Crippen molar-refractivity contribution in [2.45, 2.75) is 39.2 Å². The van der Waals surface area contributed by atoms with Crippen LogP contribution in [0.5, 0.6) is 0 Å². The fourth-order valence-corrected chi connectivity index (χ4v) is 10.4. The summed E-state index contributed by atoms with van der Waals surface area (Å²) in [4.78, 5) is 18.3. The number of allylic oxidation sites excluding steroid dienone is 2. The molecule has 0 aliphatic carbocycles. The van der Waals surface area contributed by atoms with Crippen molar-refractivity contribution >= 4 is 46.8 Å². The van der Waals surface area contributed by atoms with Crippen LogP contribution >= 0.6 is 7.05 Å². The number of aromatic nitrogens is 2. The third kappa shape index (κ3) is 4.10. The zero-order chi connectivity index (χ0) is 29.6. The molecule has 4 aromatic rings. The number of nitrogens with zero attached hydrogens (tertiary/aromatic N) is 7. The topological polar surface area (TPSA) is 113 Å². The number of anilines is 1. The lowest BCUT2D eigenvalue weighted by Gasteiger charge is -2.35. The van der Waals surface area contributed by atoms with Crippen LogP contribution in [0.4, 0.5) is 22.9 Å². The number of benzene rings is 3. The van der Waals surface area contributed by atoms with Crippen molar-refractivity contribution < 1.29 is 4.92 Å². The average molecular weight is 576 g/mol. The zero-order valence-corrected chi connectivity index (χ0v) is 24.8. The first kappa shape index (κ1) is 27.4. The summed E-state index contributed by atoms with van der Waals surface area (Å²) in [6.07, 6.45) is 2.25. The van der Waals surface area contributed by atoms with Crippen molar-refractivity contribution in [1.82, 2.24) is 9.78 Å². The molecule has 0 bridgehead atoms. The maximum absolute atomic E-state index is 11.4. The molecule has 0 saturated carbocycles. The Hall–Kier alpha value is -4.80. The lowest BCUT2D eigenvalue weighted by Crippen LogP contribution is -2.30. The van der Waals surface area contributed by atoms with Crippen LogP contribution in [0.1, 0.15) is 31.5 Å². The summed E-state index contributed by atoms with van der Waals surface area (Å²) < 4.78 is 7.41. The molecule has 0 saturated heterocycles. The van der Waals surface area contributed by atoms with Crippen LogP contribution in [0.3, 0.4) is 0 Å². The molecule has 2 aliphatic rings. The number of nitro benzene ring substituents is 1. The summed E-state index contributed by atoms with van der Waals surface area (Å²) in [5.41, 5.74) is 4.54. The monoisotopic (exact) mass is 575 g/mol. The highest BCUT2D eigenvalue weighted by molar-refractivity contribution is 7.86. The number of para-hydroxylation sites is 1. The van der Waals surface area contributed by atoms with Crippen LogP contribution in [0.2, 0.25) is 0 Å². The predicted octanol–water partition coefficient (Wildman–Crippen LogP) is 6.85. The normalized spacial score (nSPS) is 20.1. The van der Waals surface area contributed by atoms with Crippen LogP contribution in [-0.4, -0.2) is 28.0 Å². The zero-order valence-electron chi connectivity index (χ0n) is 23.9. The van der Waals surface area contributed by atoms with E-state index in [2.05, 4.69) is 68.3 Å². The maximum atomic E-state index is 11.4. The Bertz CT molecular complexity index is 1880. The molecule has 6 rings (SSSR count). The highest BCUT2D eigenvalue weighted by Gasteiger charge is 2.47. The van der Waals surface area contributed by atoms with Gasteiger partial charge in [0, 0.05) is 52.8 Å². The standard InChI is InChI=1S/C32H30N7O2P/c1-22-29-31(38(35-22)20-10-19-33)34-21-28(30-32(2,3)26-13-8-9-14-27(26)37(30)4)42(29,25-11-6-5-7-12-25)36-23-15-17-24(18-16-23)39(40)41/h5-9,11-18,21H,10,20H2,1-4H3/b30-28-. The molecular weight excluding hydrogens is 545 g/mol. The van der Waals surface area contributed by atoms with Crippen molar-refractivity contribution in [2.24, 2.45) is 9.74 Å². The minimum atomic E-state index is -2.87. The van der Waals surface area contributed by atoms with E-state index in [1.54, 1.807) is 12.1 Å². The molecule has 42 heavy (non-hydrogen) atoms. The molecule has 3 heterocycles. The largest absolute Gasteiger partial charge is 0.346 e. The van der Waals surface area contributed by atoms with Gasteiger partial charge in [0.2, 0.25) is 0 Å². The number of aliphatic imine (C=N–C) groups is 1.